The van der Waals surface area contributed by atoms with E-state index >= 15 is 0 Å². The molecule has 106 valence electrons. The Morgan fingerprint density at radius 3 is 2.75 bits per heavy atom. The van der Waals surface area contributed by atoms with Gasteiger partial charge in [0.1, 0.15) is 5.82 Å². The van der Waals surface area contributed by atoms with E-state index in [4.69, 9.17) is 0 Å². The zero-order valence-corrected chi connectivity index (χ0v) is 12.0. The van der Waals surface area contributed by atoms with Crippen molar-refractivity contribution in [2.24, 2.45) is 7.05 Å². The summed E-state index contributed by atoms with van der Waals surface area (Å²) in [5.74, 6) is 0.725. The monoisotopic (exact) mass is 273 g/mol. The zero-order valence-electron chi connectivity index (χ0n) is 12.0. The molecule has 0 saturated carbocycles. The number of aromatic nitrogens is 3. The molecule has 2 rings (SSSR count). The molecule has 0 atom stereocenters. The maximum absolute atomic E-state index is 12.3. The largest absolute Gasteiger partial charge is 0.370 e. The van der Waals surface area contributed by atoms with Crippen molar-refractivity contribution in [1.29, 1.82) is 0 Å². The predicted molar refractivity (Wildman–Crippen MR) is 77.4 cm³/mol. The molecule has 6 nitrogen and oxygen atoms in total. The van der Waals surface area contributed by atoms with Crippen LogP contribution in [0.2, 0.25) is 0 Å². The highest BCUT2D eigenvalue weighted by Gasteiger charge is 2.13. The summed E-state index contributed by atoms with van der Waals surface area (Å²) < 4.78 is 1.72. The molecule has 0 unspecified atom stereocenters. The third-order valence-corrected chi connectivity index (χ3v) is 2.89. The lowest BCUT2D eigenvalue weighted by atomic mass is 10.2. The molecule has 6 heteroatoms. The molecule has 0 radical (unpaired) electrons. The highest BCUT2D eigenvalue weighted by Crippen LogP contribution is 2.09. The molecule has 0 aliphatic heterocycles. The third-order valence-electron chi connectivity index (χ3n) is 2.89. The van der Waals surface area contributed by atoms with Crippen LogP contribution in [0.5, 0.6) is 0 Å². The van der Waals surface area contributed by atoms with E-state index in [1.807, 2.05) is 26.2 Å². The van der Waals surface area contributed by atoms with Gasteiger partial charge >= 0.3 is 0 Å². The standard InChI is InChI=1S/C14H19N5O/c1-4-15-13-6-5-12(8-16-13)14(20)18(2)9-11-7-17-19(3)10-11/h5-8,10H,4,9H2,1-3H3,(H,15,16). The highest BCUT2D eigenvalue weighted by atomic mass is 16.2. The molecule has 2 aromatic rings. The van der Waals surface area contributed by atoms with Gasteiger partial charge in [-0.3, -0.25) is 9.48 Å². The summed E-state index contributed by atoms with van der Waals surface area (Å²) in [6, 6.07) is 3.60. The van der Waals surface area contributed by atoms with Gasteiger partial charge in [-0.15, -0.1) is 0 Å². The summed E-state index contributed by atoms with van der Waals surface area (Å²) in [7, 11) is 3.63. The van der Waals surface area contributed by atoms with Gasteiger partial charge in [0, 0.05) is 45.1 Å². The second-order valence-electron chi connectivity index (χ2n) is 4.65. The summed E-state index contributed by atoms with van der Waals surface area (Å²) in [6.45, 7) is 3.34. The Kier molecular flexibility index (Phi) is 4.34. The first-order chi connectivity index (χ1) is 9.60. The lowest BCUT2D eigenvalue weighted by molar-refractivity contribution is 0.0784. The molecule has 1 amide bonds. The van der Waals surface area contributed by atoms with Gasteiger partial charge in [-0.25, -0.2) is 4.98 Å². The van der Waals surface area contributed by atoms with Gasteiger partial charge in [-0.2, -0.15) is 5.10 Å². The van der Waals surface area contributed by atoms with Crippen LogP contribution in [-0.2, 0) is 13.6 Å². The van der Waals surface area contributed by atoms with Crippen molar-refractivity contribution in [1.82, 2.24) is 19.7 Å². The number of nitrogens with zero attached hydrogens (tertiary/aromatic N) is 4. The normalized spacial score (nSPS) is 10.3. The van der Waals surface area contributed by atoms with Gasteiger partial charge in [0.2, 0.25) is 0 Å². The van der Waals surface area contributed by atoms with Gasteiger partial charge in [0.25, 0.3) is 5.91 Å². The van der Waals surface area contributed by atoms with Crippen molar-refractivity contribution in [3.63, 3.8) is 0 Å². The average Bonchev–Trinajstić information content (AvgIpc) is 2.84. The smallest absolute Gasteiger partial charge is 0.255 e. The van der Waals surface area contributed by atoms with Crippen molar-refractivity contribution in [2.75, 3.05) is 18.9 Å². The molecular weight excluding hydrogens is 254 g/mol. The van der Waals surface area contributed by atoms with E-state index in [0.29, 0.717) is 12.1 Å². The maximum Gasteiger partial charge on any atom is 0.255 e. The first kappa shape index (κ1) is 14.0. The second-order valence-corrected chi connectivity index (χ2v) is 4.65. The summed E-state index contributed by atoms with van der Waals surface area (Å²) in [6.07, 6.45) is 5.26. The van der Waals surface area contributed by atoms with Crippen molar-refractivity contribution in [2.45, 2.75) is 13.5 Å². The number of hydrogen-bond acceptors (Lipinski definition) is 4. The lowest BCUT2D eigenvalue weighted by Crippen LogP contribution is -2.26. The Balaban J connectivity index is 2.02. The molecule has 0 fully saturated rings. The number of amides is 1. The molecule has 0 aromatic carbocycles. The number of carbonyl (C=O) groups is 1. The Hall–Kier alpha value is -2.37. The molecule has 2 aromatic heterocycles. The quantitative estimate of drug-likeness (QED) is 0.897. The van der Waals surface area contributed by atoms with Crippen LogP contribution in [0.15, 0.2) is 30.7 Å². The van der Waals surface area contributed by atoms with Crippen LogP contribution in [0.25, 0.3) is 0 Å². The number of rotatable bonds is 5. The minimum absolute atomic E-state index is 0.0515. The second kappa shape index (κ2) is 6.18. The van der Waals surface area contributed by atoms with E-state index in [1.165, 1.54) is 0 Å². The van der Waals surface area contributed by atoms with Gasteiger partial charge < -0.3 is 10.2 Å². The fourth-order valence-corrected chi connectivity index (χ4v) is 1.93. The Labute approximate surface area is 118 Å². The van der Waals surface area contributed by atoms with Crippen LogP contribution in [0.4, 0.5) is 5.82 Å². The number of hydrogen-bond donors (Lipinski definition) is 1. The number of pyridine rings is 1. The van der Waals surface area contributed by atoms with E-state index in [9.17, 15) is 4.79 Å². The Morgan fingerprint density at radius 1 is 1.40 bits per heavy atom. The predicted octanol–water partition coefficient (Wildman–Crippen LogP) is 1.52. The first-order valence-corrected chi connectivity index (χ1v) is 6.53. The van der Waals surface area contributed by atoms with Gasteiger partial charge in [0.05, 0.1) is 11.8 Å². The van der Waals surface area contributed by atoms with E-state index in [2.05, 4.69) is 15.4 Å². The van der Waals surface area contributed by atoms with Gasteiger partial charge in [-0.1, -0.05) is 0 Å². The molecule has 0 aliphatic rings. The molecule has 0 aliphatic carbocycles. The number of anilines is 1. The van der Waals surface area contributed by atoms with Crippen molar-refractivity contribution in [3.05, 3.63) is 41.9 Å². The van der Waals surface area contributed by atoms with E-state index in [0.717, 1.165) is 17.9 Å². The summed E-state index contributed by atoms with van der Waals surface area (Å²) in [5.41, 5.74) is 1.58. The lowest BCUT2D eigenvalue weighted by Gasteiger charge is -2.16. The van der Waals surface area contributed by atoms with Crippen molar-refractivity contribution < 1.29 is 4.79 Å². The average molecular weight is 273 g/mol. The van der Waals surface area contributed by atoms with Crippen LogP contribution in [0, 0.1) is 0 Å². The number of aryl methyl sites for hydroxylation is 1. The fraction of sp³-hybridized carbons (Fsp3) is 0.357. The van der Waals surface area contributed by atoms with Gasteiger partial charge in [-0.05, 0) is 19.1 Å². The molecule has 1 N–H and O–H groups in total. The van der Waals surface area contributed by atoms with E-state index in [-0.39, 0.29) is 5.91 Å². The van der Waals surface area contributed by atoms with Crippen molar-refractivity contribution in [3.8, 4) is 0 Å². The van der Waals surface area contributed by atoms with E-state index < -0.39 is 0 Å². The molecule has 20 heavy (non-hydrogen) atoms. The molecular formula is C14H19N5O. The number of carbonyl (C=O) groups excluding carboxylic acids is 1. The van der Waals surface area contributed by atoms with Crippen LogP contribution >= 0.6 is 0 Å². The molecule has 0 saturated heterocycles. The van der Waals surface area contributed by atoms with Crippen LogP contribution < -0.4 is 5.32 Å². The topological polar surface area (TPSA) is 63.1 Å². The highest BCUT2D eigenvalue weighted by molar-refractivity contribution is 5.93. The van der Waals surface area contributed by atoms with E-state index in [1.54, 1.807) is 35.1 Å². The minimum Gasteiger partial charge on any atom is -0.370 e. The third kappa shape index (κ3) is 3.34. The molecule has 0 bridgehead atoms. The van der Waals surface area contributed by atoms with Crippen LogP contribution in [-0.4, -0.2) is 39.2 Å². The minimum atomic E-state index is -0.0515. The fourth-order valence-electron chi connectivity index (χ4n) is 1.93. The van der Waals surface area contributed by atoms with Crippen LogP contribution in [0.1, 0.15) is 22.8 Å². The Bertz CT molecular complexity index is 576. The summed E-state index contributed by atoms with van der Waals surface area (Å²) >= 11 is 0. The molecule has 0 spiro atoms. The molecule has 2 heterocycles. The van der Waals surface area contributed by atoms with Crippen molar-refractivity contribution >= 4 is 11.7 Å². The van der Waals surface area contributed by atoms with Gasteiger partial charge in [0.15, 0.2) is 0 Å². The summed E-state index contributed by atoms with van der Waals surface area (Å²) in [5, 5.41) is 7.19. The first-order valence-electron chi connectivity index (χ1n) is 6.53. The number of nitrogens with one attached hydrogen (secondary N) is 1. The maximum atomic E-state index is 12.3. The van der Waals surface area contributed by atoms with Crippen LogP contribution in [0.3, 0.4) is 0 Å². The SMILES string of the molecule is CCNc1ccc(C(=O)N(C)Cc2cnn(C)c2)cn1. The Morgan fingerprint density at radius 2 is 2.20 bits per heavy atom. The summed E-state index contributed by atoms with van der Waals surface area (Å²) in [4.78, 5) is 18.1. The zero-order chi connectivity index (χ0) is 14.5.